The van der Waals surface area contributed by atoms with Crippen LogP contribution in [0.1, 0.15) is 27.7 Å². The Morgan fingerprint density at radius 2 is 1.60 bits per heavy atom. The number of hydrogen-bond acceptors (Lipinski definition) is 2. The van der Waals surface area contributed by atoms with Gasteiger partial charge in [0, 0.05) is 25.7 Å². The van der Waals surface area contributed by atoms with Crippen LogP contribution in [-0.4, -0.2) is 49.4 Å². The monoisotopic (exact) mass is 214 g/mol. The topological polar surface area (TPSA) is 23.6 Å². The third-order valence-electron chi connectivity index (χ3n) is 1.81. The number of rotatable bonds is 5. The van der Waals surface area contributed by atoms with Gasteiger partial charge in [0.2, 0.25) is 5.91 Å². The van der Waals surface area contributed by atoms with E-state index >= 15 is 0 Å². The smallest absolute Gasteiger partial charge is 0.246 e. The molecule has 15 heavy (non-hydrogen) atoms. The number of hydrogen-bond donors (Lipinski definition) is 0. The van der Waals surface area contributed by atoms with E-state index < -0.39 is 0 Å². The van der Waals surface area contributed by atoms with Crippen LogP contribution in [0.15, 0.2) is 12.2 Å². The molecular formula is C12H26N2O. The van der Waals surface area contributed by atoms with Gasteiger partial charge >= 0.3 is 0 Å². The first-order valence-corrected chi connectivity index (χ1v) is 5.72. The molecule has 0 saturated carbocycles. The predicted octanol–water partition coefficient (Wildman–Crippen LogP) is 2.00. The van der Waals surface area contributed by atoms with Crippen molar-refractivity contribution in [2.75, 3.05) is 33.7 Å². The Balaban J connectivity index is 0. The van der Waals surface area contributed by atoms with Gasteiger partial charge in [0.1, 0.15) is 0 Å². The molecule has 0 aliphatic rings. The van der Waals surface area contributed by atoms with E-state index in [9.17, 15) is 4.79 Å². The van der Waals surface area contributed by atoms with Crippen LogP contribution in [0.4, 0.5) is 0 Å². The van der Waals surface area contributed by atoms with Crippen molar-refractivity contribution in [3.05, 3.63) is 12.2 Å². The van der Waals surface area contributed by atoms with E-state index in [2.05, 4.69) is 0 Å². The van der Waals surface area contributed by atoms with Crippen molar-refractivity contribution >= 4 is 5.91 Å². The zero-order valence-electron chi connectivity index (χ0n) is 11.1. The number of carbonyl (C=O) groups excluding carboxylic acids is 1. The van der Waals surface area contributed by atoms with Crippen LogP contribution in [-0.2, 0) is 4.79 Å². The molecule has 0 saturated heterocycles. The predicted molar refractivity (Wildman–Crippen MR) is 67.0 cm³/mol. The molecule has 0 N–H and O–H groups in total. The summed E-state index contributed by atoms with van der Waals surface area (Å²) in [4.78, 5) is 15.2. The van der Waals surface area contributed by atoms with Gasteiger partial charge in [-0.3, -0.25) is 4.79 Å². The molecule has 0 rings (SSSR count). The molecule has 0 unspecified atom stereocenters. The molecule has 0 atom stereocenters. The number of carbonyl (C=O) groups is 1. The van der Waals surface area contributed by atoms with E-state index in [1.807, 2.05) is 52.8 Å². The van der Waals surface area contributed by atoms with Crippen molar-refractivity contribution in [3.63, 3.8) is 0 Å². The summed E-state index contributed by atoms with van der Waals surface area (Å²) >= 11 is 0. The highest BCUT2D eigenvalue weighted by molar-refractivity contribution is 5.87. The van der Waals surface area contributed by atoms with E-state index in [-0.39, 0.29) is 5.91 Å². The lowest BCUT2D eigenvalue weighted by Gasteiger charge is -2.16. The molecule has 0 aliphatic heterocycles. The Morgan fingerprint density at radius 3 is 1.93 bits per heavy atom. The second-order valence-electron chi connectivity index (χ2n) is 3.18. The van der Waals surface area contributed by atoms with Crippen LogP contribution in [0.5, 0.6) is 0 Å². The largest absolute Gasteiger partial charge is 0.340 e. The first kappa shape index (κ1) is 16.6. The van der Waals surface area contributed by atoms with Crippen LogP contribution in [0, 0.1) is 0 Å². The van der Waals surface area contributed by atoms with Crippen molar-refractivity contribution in [3.8, 4) is 0 Å². The zero-order valence-corrected chi connectivity index (χ0v) is 11.1. The molecule has 0 radical (unpaired) electrons. The third kappa shape index (κ3) is 9.47. The van der Waals surface area contributed by atoms with Gasteiger partial charge in [-0.1, -0.05) is 19.9 Å². The molecule has 0 aromatic rings. The van der Waals surface area contributed by atoms with Crippen LogP contribution >= 0.6 is 0 Å². The van der Waals surface area contributed by atoms with E-state index in [1.165, 1.54) is 0 Å². The van der Waals surface area contributed by atoms with Gasteiger partial charge in [-0.2, -0.15) is 0 Å². The Labute approximate surface area is 94.8 Å². The van der Waals surface area contributed by atoms with Crippen LogP contribution in [0.3, 0.4) is 0 Å². The maximum Gasteiger partial charge on any atom is 0.246 e. The maximum absolute atomic E-state index is 11.4. The molecule has 0 bridgehead atoms. The minimum atomic E-state index is 0.104. The minimum absolute atomic E-state index is 0.104. The van der Waals surface area contributed by atoms with Crippen molar-refractivity contribution in [2.45, 2.75) is 27.7 Å². The van der Waals surface area contributed by atoms with Gasteiger partial charge in [0.25, 0.3) is 0 Å². The Hall–Kier alpha value is -0.830. The third-order valence-corrected chi connectivity index (χ3v) is 1.81. The van der Waals surface area contributed by atoms with Crippen molar-refractivity contribution < 1.29 is 4.79 Å². The van der Waals surface area contributed by atoms with Crippen molar-refractivity contribution in [1.82, 2.24) is 9.80 Å². The summed E-state index contributed by atoms with van der Waals surface area (Å²) in [5.41, 5.74) is 0. The first-order valence-electron chi connectivity index (χ1n) is 5.72. The molecule has 0 aliphatic carbocycles. The quantitative estimate of drug-likeness (QED) is 0.654. The fraction of sp³-hybridized carbons (Fsp3) is 0.750. The highest BCUT2D eigenvalue weighted by Crippen LogP contribution is 1.90. The normalized spacial score (nSPS) is 10.1. The standard InChI is InChI=1S/C10H20N2O.C2H6/c1-5-12(6-2)10(13)8-7-9-11(3)4;1-2/h7-8H,5-6,9H2,1-4H3;1-2H3/b8-7+;. The Kier molecular flexibility index (Phi) is 12.4. The van der Waals surface area contributed by atoms with Crippen molar-refractivity contribution in [1.29, 1.82) is 0 Å². The molecule has 0 heterocycles. The summed E-state index contributed by atoms with van der Waals surface area (Å²) in [6.45, 7) is 10.3. The molecule has 3 nitrogen and oxygen atoms in total. The molecule has 1 amide bonds. The Bertz CT molecular complexity index is 172. The summed E-state index contributed by atoms with van der Waals surface area (Å²) in [6, 6.07) is 0. The van der Waals surface area contributed by atoms with Crippen LogP contribution < -0.4 is 0 Å². The highest BCUT2D eigenvalue weighted by Gasteiger charge is 2.03. The van der Waals surface area contributed by atoms with Gasteiger partial charge in [-0.05, 0) is 27.9 Å². The lowest BCUT2D eigenvalue weighted by molar-refractivity contribution is -0.125. The van der Waals surface area contributed by atoms with Gasteiger partial charge < -0.3 is 9.80 Å². The second-order valence-corrected chi connectivity index (χ2v) is 3.18. The van der Waals surface area contributed by atoms with E-state index in [4.69, 9.17) is 0 Å². The average molecular weight is 214 g/mol. The molecule has 0 aromatic heterocycles. The molecule has 0 aromatic carbocycles. The SMILES string of the molecule is CC.CCN(CC)C(=O)/C=C/CN(C)C. The van der Waals surface area contributed by atoms with Gasteiger partial charge in [0.05, 0.1) is 0 Å². The molecular weight excluding hydrogens is 188 g/mol. The maximum atomic E-state index is 11.4. The Morgan fingerprint density at radius 1 is 1.13 bits per heavy atom. The summed E-state index contributed by atoms with van der Waals surface area (Å²) in [6.07, 6.45) is 3.54. The summed E-state index contributed by atoms with van der Waals surface area (Å²) in [7, 11) is 3.96. The lowest BCUT2D eigenvalue weighted by Crippen LogP contribution is -2.28. The number of amides is 1. The van der Waals surface area contributed by atoms with E-state index in [0.29, 0.717) is 0 Å². The lowest BCUT2D eigenvalue weighted by atomic mass is 10.4. The fourth-order valence-corrected chi connectivity index (χ4v) is 1.01. The van der Waals surface area contributed by atoms with E-state index in [0.717, 1.165) is 19.6 Å². The minimum Gasteiger partial charge on any atom is -0.340 e. The zero-order chi connectivity index (χ0) is 12.3. The molecule has 0 spiro atoms. The van der Waals surface area contributed by atoms with Crippen LogP contribution in [0.25, 0.3) is 0 Å². The summed E-state index contributed by atoms with van der Waals surface area (Å²) in [5, 5.41) is 0. The van der Waals surface area contributed by atoms with Gasteiger partial charge in [0.15, 0.2) is 0 Å². The fourth-order valence-electron chi connectivity index (χ4n) is 1.01. The van der Waals surface area contributed by atoms with Gasteiger partial charge in [-0.15, -0.1) is 0 Å². The summed E-state index contributed by atoms with van der Waals surface area (Å²) in [5.74, 6) is 0.104. The highest BCUT2D eigenvalue weighted by atomic mass is 16.2. The van der Waals surface area contributed by atoms with E-state index in [1.54, 1.807) is 11.0 Å². The van der Waals surface area contributed by atoms with Crippen molar-refractivity contribution in [2.24, 2.45) is 0 Å². The summed E-state index contributed by atoms with van der Waals surface area (Å²) < 4.78 is 0. The molecule has 90 valence electrons. The second kappa shape index (κ2) is 11.2. The molecule has 3 heteroatoms. The number of likely N-dealkylation sites (N-methyl/N-ethyl adjacent to an activating group) is 2. The first-order chi connectivity index (χ1) is 7.11. The van der Waals surface area contributed by atoms with Crippen LogP contribution in [0.2, 0.25) is 0 Å². The van der Waals surface area contributed by atoms with Gasteiger partial charge in [-0.25, -0.2) is 0 Å². The number of nitrogens with zero attached hydrogens (tertiary/aromatic N) is 2. The molecule has 0 fully saturated rings. The average Bonchev–Trinajstić information content (AvgIpc) is 2.22.